The van der Waals surface area contributed by atoms with Gasteiger partial charge in [-0.15, -0.1) is 0 Å². The summed E-state index contributed by atoms with van der Waals surface area (Å²) in [5.74, 6) is 1.26. The highest BCUT2D eigenvalue weighted by atomic mass is 16.5. The Labute approximate surface area is 94.8 Å². The molecule has 0 rings (SSSR count). The molecule has 1 unspecified atom stereocenters. The first-order chi connectivity index (χ1) is 7.22. The van der Waals surface area contributed by atoms with Gasteiger partial charge in [-0.2, -0.15) is 0 Å². The second-order valence-corrected chi connectivity index (χ2v) is 4.41. The van der Waals surface area contributed by atoms with E-state index in [1.54, 1.807) is 0 Å². The van der Waals surface area contributed by atoms with Crippen LogP contribution in [0.25, 0.3) is 0 Å². The number of hydrogen-bond acceptors (Lipinski definition) is 3. The Hall–Kier alpha value is -0.120. The maximum atomic E-state index is 5.69. The molecule has 0 aromatic carbocycles. The van der Waals surface area contributed by atoms with Gasteiger partial charge in [-0.25, -0.2) is 0 Å². The molecule has 15 heavy (non-hydrogen) atoms. The van der Waals surface area contributed by atoms with Gasteiger partial charge in [0, 0.05) is 13.2 Å². The van der Waals surface area contributed by atoms with E-state index in [2.05, 4.69) is 26.1 Å². The van der Waals surface area contributed by atoms with Gasteiger partial charge in [-0.3, -0.25) is 0 Å². The third kappa shape index (κ3) is 8.85. The van der Waals surface area contributed by atoms with Crippen molar-refractivity contribution in [3.8, 4) is 0 Å². The predicted molar refractivity (Wildman–Crippen MR) is 66.0 cm³/mol. The molecule has 0 radical (unpaired) electrons. The van der Waals surface area contributed by atoms with Crippen molar-refractivity contribution in [3.63, 3.8) is 0 Å². The van der Waals surface area contributed by atoms with E-state index >= 15 is 0 Å². The number of ether oxygens (including phenoxy) is 1. The van der Waals surface area contributed by atoms with Crippen LogP contribution in [-0.4, -0.2) is 32.8 Å². The molecule has 3 N–H and O–H groups in total. The average Bonchev–Trinajstić information content (AvgIpc) is 2.21. The summed E-state index contributed by atoms with van der Waals surface area (Å²) >= 11 is 0. The summed E-state index contributed by atoms with van der Waals surface area (Å²) in [5.41, 5.74) is 5.69. The van der Waals surface area contributed by atoms with Crippen LogP contribution in [0, 0.1) is 11.8 Å². The van der Waals surface area contributed by atoms with Crippen molar-refractivity contribution in [1.29, 1.82) is 0 Å². The monoisotopic (exact) mass is 216 g/mol. The Kier molecular flexibility index (Phi) is 10.3. The molecule has 1 atom stereocenters. The van der Waals surface area contributed by atoms with Gasteiger partial charge in [0.2, 0.25) is 0 Å². The average molecular weight is 216 g/mol. The third-order valence-electron chi connectivity index (χ3n) is 2.64. The lowest BCUT2D eigenvalue weighted by molar-refractivity contribution is 0.132. The lowest BCUT2D eigenvalue weighted by Crippen LogP contribution is -2.32. The Bertz CT molecular complexity index is 129. The van der Waals surface area contributed by atoms with Crippen LogP contribution in [0.5, 0.6) is 0 Å². The van der Waals surface area contributed by atoms with Gasteiger partial charge in [-0.1, -0.05) is 20.8 Å². The van der Waals surface area contributed by atoms with E-state index in [-0.39, 0.29) is 0 Å². The van der Waals surface area contributed by atoms with Crippen LogP contribution >= 0.6 is 0 Å². The summed E-state index contributed by atoms with van der Waals surface area (Å²) in [7, 11) is 0. The first-order valence-electron chi connectivity index (χ1n) is 6.20. The standard InChI is InChI=1S/C12H28N2O/c1-4-7-15-8-5-6-14-10-12(9-13)11(2)3/h11-12,14H,4-10,13H2,1-3H3. The molecule has 92 valence electrons. The molecule has 0 heterocycles. The molecule has 0 aliphatic rings. The molecular formula is C12H28N2O. The Morgan fingerprint density at radius 2 is 2.00 bits per heavy atom. The number of hydrogen-bond donors (Lipinski definition) is 2. The van der Waals surface area contributed by atoms with E-state index in [0.717, 1.165) is 45.7 Å². The van der Waals surface area contributed by atoms with Gasteiger partial charge in [0.1, 0.15) is 0 Å². The second kappa shape index (κ2) is 10.4. The van der Waals surface area contributed by atoms with E-state index in [9.17, 15) is 0 Å². The van der Waals surface area contributed by atoms with Crippen molar-refractivity contribution < 1.29 is 4.74 Å². The van der Waals surface area contributed by atoms with Crippen LogP contribution in [0.2, 0.25) is 0 Å². The first-order valence-corrected chi connectivity index (χ1v) is 6.20. The highest BCUT2D eigenvalue weighted by Gasteiger charge is 2.09. The van der Waals surface area contributed by atoms with Crippen LogP contribution in [-0.2, 0) is 4.74 Å². The Morgan fingerprint density at radius 3 is 2.53 bits per heavy atom. The van der Waals surface area contributed by atoms with Gasteiger partial charge in [0.05, 0.1) is 0 Å². The largest absolute Gasteiger partial charge is 0.381 e. The van der Waals surface area contributed by atoms with E-state index in [1.807, 2.05) is 0 Å². The summed E-state index contributed by atoms with van der Waals surface area (Å²) in [5, 5.41) is 3.43. The van der Waals surface area contributed by atoms with Gasteiger partial charge in [-0.05, 0) is 44.3 Å². The molecule has 0 aromatic rings. The number of rotatable bonds is 10. The number of nitrogens with two attached hydrogens (primary N) is 1. The summed E-state index contributed by atoms with van der Waals surface area (Å²) in [6.07, 6.45) is 2.20. The molecule has 0 spiro atoms. The summed E-state index contributed by atoms with van der Waals surface area (Å²) in [6, 6.07) is 0. The van der Waals surface area contributed by atoms with Crippen molar-refractivity contribution in [3.05, 3.63) is 0 Å². The van der Waals surface area contributed by atoms with Crippen molar-refractivity contribution in [2.45, 2.75) is 33.6 Å². The molecule has 0 saturated carbocycles. The zero-order chi connectivity index (χ0) is 11.5. The van der Waals surface area contributed by atoms with Crippen molar-refractivity contribution >= 4 is 0 Å². The molecule has 0 bridgehead atoms. The zero-order valence-corrected chi connectivity index (χ0v) is 10.6. The fraction of sp³-hybridized carbons (Fsp3) is 1.00. The molecule has 3 heteroatoms. The third-order valence-corrected chi connectivity index (χ3v) is 2.64. The SMILES string of the molecule is CCCOCCCNCC(CN)C(C)C. The highest BCUT2D eigenvalue weighted by Crippen LogP contribution is 2.06. The Morgan fingerprint density at radius 1 is 1.27 bits per heavy atom. The fourth-order valence-corrected chi connectivity index (χ4v) is 1.42. The normalized spacial score (nSPS) is 13.4. The summed E-state index contributed by atoms with van der Waals surface area (Å²) in [4.78, 5) is 0. The van der Waals surface area contributed by atoms with Crippen molar-refractivity contribution in [1.82, 2.24) is 5.32 Å². The fourth-order valence-electron chi connectivity index (χ4n) is 1.42. The summed E-state index contributed by atoms with van der Waals surface area (Å²) in [6.45, 7) is 11.2. The van der Waals surface area contributed by atoms with Crippen LogP contribution < -0.4 is 11.1 Å². The van der Waals surface area contributed by atoms with Crippen LogP contribution in [0.15, 0.2) is 0 Å². The molecule has 0 saturated heterocycles. The van der Waals surface area contributed by atoms with E-state index in [1.165, 1.54) is 0 Å². The van der Waals surface area contributed by atoms with Gasteiger partial charge >= 0.3 is 0 Å². The highest BCUT2D eigenvalue weighted by molar-refractivity contribution is 4.66. The molecule has 3 nitrogen and oxygen atoms in total. The molecule has 0 amide bonds. The molecular weight excluding hydrogens is 188 g/mol. The van der Waals surface area contributed by atoms with Crippen LogP contribution in [0.1, 0.15) is 33.6 Å². The van der Waals surface area contributed by atoms with Crippen LogP contribution in [0.4, 0.5) is 0 Å². The van der Waals surface area contributed by atoms with E-state index in [0.29, 0.717) is 11.8 Å². The minimum atomic E-state index is 0.599. The van der Waals surface area contributed by atoms with Gasteiger partial charge in [0.15, 0.2) is 0 Å². The van der Waals surface area contributed by atoms with Crippen molar-refractivity contribution in [2.24, 2.45) is 17.6 Å². The zero-order valence-electron chi connectivity index (χ0n) is 10.6. The quantitative estimate of drug-likeness (QED) is 0.546. The van der Waals surface area contributed by atoms with Gasteiger partial charge in [0.25, 0.3) is 0 Å². The molecule has 0 aliphatic heterocycles. The molecule has 0 fully saturated rings. The topological polar surface area (TPSA) is 47.3 Å². The van der Waals surface area contributed by atoms with E-state index in [4.69, 9.17) is 10.5 Å². The number of nitrogens with one attached hydrogen (secondary N) is 1. The summed E-state index contributed by atoms with van der Waals surface area (Å²) < 4.78 is 5.40. The minimum absolute atomic E-state index is 0.599. The second-order valence-electron chi connectivity index (χ2n) is 4.41. The van der Waals surface area contributed by atoms with E-state index < -0.39 is 0 Å². The maximum Gasteiger partial charge on any atom is 0.0478 e. The Balaban J connectivity index is 3.22. The van der Waals surface area contributed by atoms with Gasteiger partial charge < -0.3 is 15.8 Å². The molecule has 0 aromatic heterocycles. The lowest BCUT2D eigenvalue weighted by Gasteiger charge is -2.19. The predicted octanol–water partition coefficient (Wildman–Crippen LogP) is 1.62. The lowest BCUT2D eigenvalue weighted by atomic mass is 9.96. The first kappa shape index (κ1) is 14.9. The molecule has 0 aliphatic carbocycles. The maximum absolute atomic E-state index is 5.69. The minimum Gasteiger partial charge on any atom is -0.381 e. The van der Waals surface area contributed by atoms with Crippen molar-refractivity contribution in [2.75, 3.05) is 32.8 Å². The smallest absolute Gasteiger partial charge is 0.0478 e. The van der Waals surface area contributed by atoms with Crippen LogP contribution in [0.3, 0.4) is 0 Å².